The lowest BCUT2D eigenvalue weighted by Gasteiger charge is -2.24. The Morgan fingerprint density at radius 1 is 1.08 bits per heavy atom. The summed E-state index contributed by atoms with van der Waals surface area (Å²) < 4.78 is 29.3. The maximum atomic E-state index is 12.8. The molecule has 4 rings (SSSR count). The highest BCUT2D eigenvalue weighted by molar-refractivity contribution is 7.79. The van der Waals surface area contributed by atoms with Crippen molar-refractivity contribution in [1.29, 1.82) is 0 Å². The van der Waals surface area contributed by atoms with E-state index >= 15 is 0 Å². The van der Waals surface area contributed by atoms with E-state index in [1.165, 1.54) is 4.90 Å². The molecule has 0 saturated carbocycles. The molecule has 0 radical (unpaired) electrons. The van der Waals surface area contributed by atoms with Crippen LogP contribution in [0.25, 0.3) is 17.2 Å². The van der Waals surface area contributed by atoms with E-state index in [0.29, 0.717) is 28.2 Å². The molecule has 2 atom stereocenters. The van der Waals surface area contributed by atoms with E-state index in [9.17, 15) is 13.8 Å². The van der Waals surface area contributed by atoms with Crippen LogP contribution in [0.2, 0.25) is 0 Å². The van der Waals surface area contributed by atoms with Gasteiger partial charge >= 0.3 is 6.03 Å². The van der Waals surface area contributed by atoms with Crippen molar-refractivity contribution in [3.63, 3.8) is 0 Å². The Labute approximate surface area is 213 Å². The van der Waals surface area contributed by atoms with Crippen LogP contribution in [-0.2, 0) is 22.3 Å². The molecule has 1 aromatic heterocycles. The number of nitrogens with zero attached hydrogens (tertiary/aromatic N) is 1. The van der Waals surface area contributed by atoms with Crippen molar-refractivity contribution < 1.29 is 30.4 Å². The Kier molecular flexibility index (Phi) is 9.20. The molecule has 4 N–H and O–H groups in total. The van der Waals surface area contributed by atoms with Crippen LogP contribution in [0.3, 0.4) is 0 Å². The number of likely N-dealkylation sites (N-methyl/N-ethyl adjacent to an activating group) is 1. The van der Waals surface area contributed by atoms with Crippen molar-refractivity contribution in [2.24, 2.45) is 5.73 Å². The van der Waals surface area contributed by atoms with Crippen molar-refractivity contribution in [2.75, 3.05) is 11.9 Å². The summed E-state index contributed by atoms with van der Waals surface area (Å²) in [5.74, 6) is -0.280. The summed E-state index contributed by atoms with van der Waals surface area (Å²) in [4.78, 5) is 26.0. The quantitative estimate of drug-likeness (QED) is 0.233. The van der Waals surface area contributed by atoms with E-state index in [1.54, 1.807) is 37.4 Å². The minimum atomic E-state index is -1.89. The molecule has 1 unspecified atom stereocenters. The van der Waals surface area contributed by atoms with Gasteiger partial charge in [0.05, 0.1) is 4.90 Å². The third-order valence-electron chi connectivity index (χ3n) is 5.22. The number of hydrogen-bond acceptors (Lipinski definition) is 5. The van der Waals surface area contributed by atoms with Gasteiger partial charge in [-0.05, 0) is 36.2 Å². The maximum absolute atomic E-state index is 12.8. The molecule has 3 amide bonds. The molecule has 3 aromatic carbocycles. The number of primary amides is 1. The van der Waals surface area contributed by atoms with Gasteiger partial charge in [-0.1, -0.05) is 60.7 Å². The first-order valence-corrected chi connectivity index (χ1v) is 12.1. The number of fused-ring (bicyclic) bond motifs is 1. The molecule has 0 aliphatic heterocycles. The normalized spacial score (nSPS) is 12.5. The van der Waals surface area contributed by atoms with Gasteiger partial charge in [0.25, 0.3) is 0 Å². The highest BCUT2D eigenvalue weighted by Crippen LogP contribution is 2.25. The molecular weight excluding hydrogens is 482 g/mol. The molecule has 36 heavy (non-hydrogen) atoms. The van der Waals surface area contributed by atoms with Gasteiger partial charge in [0.1, 0.15) is 6.04 Å². The van der Waals surface area contributed by atoms with E-state index in [0.717, 1.165) is 11.1 Å². The van der Waals surface area contributed by atoms with Crippen LogP contribution in [0.1, 0.15) is 20.9 Å². The zero-order chi connectivity index (χ0) is 26.1. The molecule has 4 aromatic rings. The number of carbonyl (C=O) groups is 2. The molecule has 0 spiro atoms. The van der Waals surface area contributed by atoms with Gasteiger partial charge in [0.2, 0.25) is 17.1 Å². The number of urea groups is 1. The molecule has 0 aliphatic carbocycles. The molecule has 0 aliphatic rings. The number of benzene rings is 3. The van der Waals surface area contributed by atoms with Crippen molar-refractivity contribution in [1.82, 2.24) is 5.32 Å². The first-order valence-electron chi connectivity index (χ1n) is 11.0. The fourth-order valence-corrected chi connectivity index (χ4v) is 3.97. The Balaban J connectivity index is 0.000000441. The lowest BCUT2D eigenvalue weighted by molar-refractivity contribution is -0.120. The Morgan fingerprint density at radius 2 is 1.75 bits per heavy atom. The fraction of sp³-hybridized carbons (Fsp3) is 0.154. The number of hydrogen-bond donors (Lipinski definition) is 3. The lowest BCUT2D eigenvalue weighted by atomic mass is 10.0. The molecule has 0 saturated heterocycles. The highest BCUT2D eigenvalue weighted by Gasteiger charge is 2.25. The molecule has 192 valence electrons. The van der Waals surface area contributed by atoms with Crippen molar-refractivity contribution >= 4 is 45.9 Å². The standard InChI is InChI=1S/C17H17N3O4.C9H10O2S.2H2/c1-20(12-7-8-14-15(10-12)24-23-14)16(21)13(19-17(18)22)9-11-5-3-2-4-6-11;1-2-5-8-6-3-4-7-9(8)12(10)11;;/h2-8,10,13H,9H2,1H3,(H3,18,19,22);2-7H,1H3,(H,10,11);2*1H/b;5-2-;;/t13-;;;/m0.../s1. The van der Waals surface area contributed by atoms with Crippen LogP contribution in [0.5, 0.6) is 0 Å². The zero-order valence-corrected chi connectivity index (χ0v) is 20.6. The molecule has 0 fully saturated rings. The smallest absolute Gasteiger partial charge is 0.312 e. The maximum Gasteiger partial charge on any atom is 0.312 e. The summed E-state index contributed by atoms with van der Waals surface area (Å²) in [6.45, 7) is 1.87. The van der Waals surface area contributed by atoms with E-state index in [1.807, 2.05) is 61.5 Å². The van der Waals surface area contributed by atoms with Gasteiger partial charge in [-0.3, -0.25) is 13.9 Å². The van der Waals surface area contributed by atoms with E-state index in [2.05, 4.69) is 5.32 Å². The predicted octanol–water partition coefficient (Wildman–Crippen LogP) is 5.06. The van der Waals surface area contributed by atoms with Gasteiger partial charge < -0.3 is 20.5 Å². The summed E-state index contributed by atoms with van der Waals surface area (Å²) in [7, 11) is 1.63. The summed E-state index contributed by atoms with van der Waals surface area (Å²) in [6.07, 6.45) is 3.99. The molecule has 0 bridgehead atoms. The summed E-state index contributed by atoms with van der Waals surface area (Å²) in [6, 6.07) is 20.1. The number of allylic oxidation sites excluding steroid dienone is 1. The number of nitrogens with one attached hydrogen (secondary N) is 1. The number of nitrogens with two attached hydrogens (primary N) is 1. The van der Waals surface area contributed by atoms with Gasteiger partial charge in [-0.2, -0.15) is 0 Å². The van der Waals surface area contributed by atoms with Gasteiger partial charge in [-0.25, -0.2) is 9.00 Å². The first-order chi connectivity index (χ1) is 17.3. The fourth-order valence-electron chi connectivity index (χ4n) is 3.43. The average molecular weight is 514 g/mol. The van der Waals surface area contributed by atoms with Crippen molar-refractivity contribution in [3.8, 4) is 0 Å². The van der Waals surface area contributed by atoms with Crippen LogP contribution in [0, 0.1) is 0 Å². The van der Waals surface area contributed by atoms with Crippen LogP contribution in [-0.4, -0.2) is 33.8 Å². The van der Waals surface area contributed by atoms with Crippen LogP contribution < -0.4 is 16.0 Å². The first kappa shape index (κ1) is 26.5. The Morgan fingerprint density at radius 3 is 2.33 bits per heavy atom. The molecule has 9 nitrogen and oxygen atoms in total. The topological polar surface area (TPSA) is 139 Å². The summed E-state index contributed by atoms with van der Waals surface area (Å²) in [5, 5.41) is 2.51. The lowest BCUT2D eigenvalue weighted by Crippen LogP contribution is -2.50. The van der Waals surface area contributed by atoms with E-state index in [4.69, 9.17) is 19.4 Å². The van der Waals surface area contributed by atoms with Gasteiger partial charge in [0, 0.05) is 28.1 Å². The Bertz CT molecular complexity index is 1370. The second-order valence-corrected chi connectivity index (χ2v) is 8.67. The molecular formula is C26H31N3O6S. The van der Waals surface area contributed by atoms with Crippen molar-refractivity contribution in [3.05, 3.63) is 90.0 Å². The Hall–Kier alpha value is -4.15. The molecule has 10 heteroatoms. The van der Waals surface area contributed by atoms with Gasteiger partial charge in [0.15, 0.2) is 11.1 Å². The van der Waals surface area contributed by atoms with Crippen LogP contribution in [0.15, 0.2) is 92.9 Å². The number of anilines is 1. The minimum absolute atomic E-state index is 0. The third-order valence-corrected chi connectivity index (χ3v) is 5.97. The van der Waals surface area contributed by atoms with Crippen LogP contribution in [0.4, 0.5) is 10.5 Å². The predicted molar refractivity (Wildman–Crippen MR) is 143 cm³/mol. The average Bonchev–Trinajstić information content (AvgIpc) is 2.85. The third kappa shape index (κ3) is 6.94. The second kappa shape index (κ2) is 12.5. The SMILES string of the molecule is C/C=C\c1ccccc1S(=O)O.CN(C(=O)[C@H](Cc1ccccc1)NC(N)=O)c1ccc2ooc2c1.[HH].[HH]. The number of carbonyl (C=O) groups excluding carboxylic acids is 2. The van der Waals surface area contributed by atoms with Crippen LogP contribution >= 0.6 is 0 Å². The minimum Gasteiger partial charge on any atom is -0.352 e. The zero-order valence-electron chi connectivity index (χ0n) is 19.8. The monoisotopic (exact) mass is 513 g/mol. The van der Waals surface area contributed by atoms with E-state index < -0.39 is 23.2 Å². The number of rotatable bonds is 7. The van der Waals surface area contributed by atoms with Crippen molar-refractivity contribution in [2.45, 2.75) is 24.3 Å². The highest BCUT2D eigenvalue weighted by atomic mass is 32.2. The number of amides is 3. The van der Waals surface area contributed by atoms with Gasteiger partial charge in [-0.15, -0.1) is 0 Å². The molecule has 1 heterocycles. The largest absolute Gasteiger partial charge is 0.352 e. The summed E-state index contributed by atoms with van der Waals surface area (Å²) in [5.41, 5.74) is 8.75. The second-order valence-electron chi connectivity index (χ2n) is 7.73. The summed E-state index contributed by atoms with van der Waals surface area (Å²) >= 11 is -1.89. The van der Waals surface area contributed by atoms with E-state index in [-0.39, 0.29) is 8.76 Å².